The predicted molar refractivity (Wildman–Crippen MR) is 136 cm³/mol. The predicted octanol–water partition coefficient (Wildman–Crippen LogP) is 2.01. The maximum atomic E-state index is 13.3. The lowest BCUT2D eigenvalue weighted by molar-refractivity contribution is -0.139. The standard InChI is InChI=1S/C26H34F2N6O4/c1-15(2)14-33-23-19(6-7-20(35)32-10-8-31(9-11-32)18-12-26(27,28)13-18)16(3)30-34(23)25(38)21(24(33)37)22(36)29-17-4-5-17/h6-7,15,17-18,37H,4-5,8-14H2,1-3H3,(H,29,36)/b7-6+. The van der Waals surface area contributed by atoms with Crippen molar-refractivity contribution in [2.45, 2.75) is 71.0 Å². The maximum absolute atomic E-state index is 13.3. The van der Waals surface area contributed by atoms with Gasteiger partial charge in [0.1, 0.15) is 5.65 Å². The Kier molecular flexibility index (Phi) is 6.79. The zero-order chi connectivity index (χ0) is 27.4. The van der Waals surface area contributed by atoms with E-state index in [4.69, 9.17) is 0 Å². The Morgan fingerprint density at radius 1 is 1.18 bits per heavy atom. The van der Waals surface area contributed by atoms with Gasteiger partial charge >= 0.3 is 0 Å². The molecule has 3 aliphatic rings. The van der Waals surface area contributed by atoms with Crippen LogP contribution < -0.4 is 10.9 Å². The fraction of sp³-hybridized carbons (Fsp3) is 0.615. The third-order valence-corrected chi connectivity index (χ3v) is 7.51. The lowest BCUT2D eigenvalue weighted by atomic mass is 9.86. The summed E-state index contributed by atoms with van der Waals surface area (Å²) < 4.78 is 29.1. The number of halogens is 2. The molecule has 2 aromatic heterocycles. The van der Waals surface area contributed by atoms with Gasteiger partial charge in [-0.25, -0.2) is 8.78 Å². The van der Waals surface area contributed by atoms with Crippen molar-refractivity contribution in [3.05, 3.63) is 33.3 Å². The van der Waals surface area contributed by atoms with Gasteiger partial charge in [-0.15, -0.1) is 0 Å². The Morgan fingerprint density at radius 2 is 1.84 bits per heavy atom. The summed E-state index contributed by atoms with van der Waals surface area (Å²) in [7, 11) is 0. The molecule has 0 bridgehead atoms. The second kappa shape index (κ2) is 9.79. The van der Waals surface area contributed by atoms with Gasteiger partial charge < -0.3 is 15.3 Å². The van der Waals surface area contributed by atoms with E-state index in [2.05, 4.69) is 10.4 Å². The second-order valence-corrected chi connectivity index (χ2v) is 11.1. The van der Waals surface area contributed by atoms with Crippen LogP contribution in [0, 0.1) is 12.8 Å². The molecule has 2 aliphatic carbocycles. The Hall–Kier alpha value is -3.28. The van der Waals surface area contributed by atoms with Gasteiger partial charge in [0.25, 0.3) is 17.4 Å². The minimum absolute atomic E-state index is 0.0101. The highest BCUT2D eigenvalue weighted by atomic mass is 19.3. The van der Waals surface area contributed by atoms with Gasteiger partial charge in [-0.1, -0.05) is 13.8 Å². The zero-order valence-electron chi connectivity index (χ0n) is 21.9. The Labute approximate surface area is 218 Å². The lowest BCUT2D eigenvalue weighted by Crippen LogP contribution is -2.57. The van der Waals surface area contributed by atoms with Crippen LogP contribution >= 0.6 is 0 Å². The fourth-order valence-electron chi connectivity index (χ4n) is 5.24. The van der Waals surface area contributed by atoms with Gasteiger partial charge in [-0.3, -0.25) is 23.9 Å². The number of hydrogen-bond donors (Lipinski definition) is 2. The van der Waals surface area contributed by atoms with Crippen LogP contribution in [-0.2, 0) is 11.3 Å². The molecule has 12 heteroatoms. The molecular formula is C26H34F2N6O4. The minimum atomic E-state index is -2.57. The van der Waals surface area contributed by atoms with Gasteiger partial charge in [-0.05, 0) is 31.8 Å². The van der Waals surface area contributed by atoms with Crippen molar-refractivity contribution < 1.29 is 23.5 Å². The highest BCUT2D eigenvalue weighted by Gasteiger charge is 2.48. The van der Waals surface area contributed by atoms with Gasteiger partial charge in [0.15, 0.2) is 5.56 Å². The third kappa shape index (κ3) is 5.05. The van der Waals surface area contributed by atoms with Gasteiger partial charge in [0.05, 0.1) is 5.69 Å². The van der Waals surface area contributed by atoms with E-state index in [0.29, 0.717) is 49.6 Å². The van der Waals surface area contributed by atoms with E-state index in [1.54, 1.807) is 17.9 Å². The number of aromatic nitrogens is 3. The van der Waals surface area contributed by atoms with Crippen molar-refractivity contribution in [3.8, 4) is 5.88 Å². The molecule has 38 heavy (non-hydrogen) atoms. The summed E-state index contributed by atoms with van der Waals surface area (Å²) in [6, 6.07) is -0.114. The first kappa shape index (κ1) is 26.3. The normalized spacial score (nSPS) is 20.4. The first-order valence-electron chi connectivity index (χ1n) is 13.2. The van der Waals surface area contributed by atoms with Gasteiger partial charge in [0, 0.05) is 69.3 Å². The first-order valence-corrected chi connectivity index (χ1v) is 13.2. The molecule has 0 aromatic carbocycles. The number of fused-ring (bicyclic) bond motifs is 1. The molecule has 3 heterocycles. The van der Waals surface area contributed by atoms with Crippen LogP contribution in [0.4, 0.5) is 8.78 Å². The summed E-state index contributed by atoms with van der Waals surface area (Å²) in [5.41, 5.74) is 0.208. The molecule has 3 fully saturated rings. The van der Waals surface area contributed by atoms with E-state index < -0.39 is 23.3 Å². The van der Waals surface area contributed by atoms with Crippen molar-refractivity contribution in [1.29, 1.82) is 0 Å². The number of nitrogens with zero attached hydrogens (tertiary/aromatic N) is 5. The van der Waals surface area contributed by atoms with Crippen molar-refractivity contribution in [1.82, 2.24) is 29.3 Å². The van der Waals surface area contributed by atoms with E-state index in [9.17, 15) is 28.3 Å². The van der Waals surface area contributed by atoms with Crippen LogP contribution in [0.2, 0.25) is 0 Å². The van der Waals surface area contributed by atoms with Crippen molar-refractivity contribution in [2.75, 3.05) is 26.2 Å². The molecule has 0 unspecified atom stereocenters. The molecule has 2 N–H and O–H groups in total. The van der Waals surface area contributed by atoms with Gasteiger partial charge in [0.2, 0.25) is 11.8 Å². The maximum Gasteiger partial charge on any atom is 0.291 e. The van der Waals surface area contributed by atoms with E-state index >= 15 is 0 Å². The third-order valence-electron chi connectivity index (χ3n) is 7.51. The zero-order valence-corrected chi connectivity index (χ0v) is 21.9. The molecular weight excluding hydrogens is 498 g/mol. The largest absolute Gasteiger partial charge is 0.494 e. The Morgan fingerprint density at radius 3 is 2.42 bits per heavy atom. The van der Waals surface area contributed by atoms with E-state index in [1.807, 2.05) is 18.7 Å². The van der Waals surface area contributed by atoms with Crippen LogP contribution in [0.1, 0.15) is 61.1 Å². The summed E-state index contributed by atoms with van der Waals surface area (Å²) >= 11 is 0. The van der Waals surface area contributed by atoms with Crippen LogP contribution in [0.25, 0.3) is 11.7 Å². The summed E-state index contributed by atoms with van der Waals surface area (Å²) in [6.07, 6.45) is 4.42. The molecule has 10 nitrogen and oxygen atoms in total. The fourth-order valence-corrected chi connectivity index (χ4v) is 5.24. The average Bonchev–Trinajstić information content (AvgIpc) is 3.59. The number of hydrogen-bond acceptors (Lipinski definition) is 6. The van der Waals surface area contributed by atoms with E-state index in [1.165, 1.54) is 10.6 Å². The smallest absolute Gasteiger partial charge is 0.291 e. The molecule has 1 saturated heterocycles. The monoisotopic (exact) mass is 532 g/mol. The number of alkyl halides is 2. The molecule has 2 amide bonds. The molecule has 0 spiro atoms. The molecule has 1 aliphatic heterocycles. The van der Waals surface area contributed by atoms with Crippen LogP contribution in [0.3, 0.4) is 0 Å². The highest BCUT2D eigenvalue weighted by molar-refractivity contribution is 5.97. The molecule has 0 radical (unpaired) electrons. The highest BCUT2D eigenvalue weighted by Crippen LogP contribution is 2.40. The molecule has 2 aromatic rings. The number of aryl methyl sites for hydroxylation is 1. The first-order chi connectivity index (χ1) is 17.9. The van der Waals surface area contributed by atoms with Crippen molar-refractivity contribution in [3.63, 3.8) is 0 Å². The topological polar surface area (TPSA) is 112 Å². The Bertz CT molecular complexity index is 1340. The number of carbonyl (C=O) groups excluding carboxylic acids is 2. The average molecular weight is 533 g/mol. The van der Waals surface area contributed by atoms with E-state index in [-0.39, 0.29) is 42.3 Å². The summed E-state index contributed by atoms with van der Waals surface area (Å²) in [4.78, 5) is 42.7. The number of rotatable bonds is 7. The van der Waals surface area contributed by atoms with Gasteiger partial charge in [-0.2, -0.15) is 9.61 Å². The van der Waals surface area contributed by atoms with E-state index in [0.717, 1.165) is 17.4 Å². The van der Waals surface area contributed by atoms with Crippen molar-refractivity contribution in [2.24, 2.45) is 5.92 Å². The minimum Gasteiger partial charge on any atom is -0.494 e. The molecule has 206 valence electrons. The van der Waals surface area contributed by atoms with Crippen molar-refractivity contribution >= 4 is 23.5 Å². The Balaban J connectivity index is 1.40. The van der Waals surface area contributed by atoms with Crippen LogP contribution in [-0.4, -0.2) is 85.1 Å². The quantitative estimate of drug-likeness (QED) is 0.528. The second-order valence-electron chi connectivity index (χ2n) is 11.1. The summed E-state index contributed by atoms with van der Waals surface area (Å²) in [5, 5.41) is 18.2. The number of carbonyl (C=O) groups is 2. The molecule has 2 saturated carbocycles. The number of nitrogens with one attached hydrogen (secondary N) is 1. The molecule has 0 atom stereocenters. The number of amides is 2. The van der Waals surface area contributed by atoms with Crippen LogP contribution in [0.5, 0.6) is 5.88 Å². The number of piperazine rings is 1. The SMILES string of the molecule is Cc1nn2c(=O)c(C(=O)NC3CC3)c(O)n(CC(C)C)c2c1/C=C/C(=O)N1CCN(C2CC(F)(F)C2)CC1. The lowest BCUT2D eigenvalue weighted by Gasteiger charge is -2.46. The summed E-state index contributed by atoms with van der Waals surface area (Å²) in [5.74, 6) is -3.77. The summed E-state index contributed by atoms with van der Waals surface area (Å²) in [6.45, 7) is 7.89. The van der Waals surface area contributed by atoms with Crippen LogP contribution in [0.15, 0.2) is 10.9 Å². The number of aromatic hydroxyl groups is 1. The molecule has 5 rings (SSSR count).